The number of H-pyrrole nitrogens is 1. The first-order valence-corrected chi connectivity index (χ1v) is 5.62. The third-order valence-corrected chi connectivity index (χ3v) is 3.02. The van der Waals surface area contributed by atoms with Gasteiger partial charge in [-0.2, -0.15) is 5.10 Å². The van der Waals surface area contributed by atoms with Gasteiger partial charge in [-0.15, -0.1) is 0 Å². The number of nitrogens with two attached hydrogens (primary N) is 1. The molecule has 5 N–H and O–H groups in total. The summed E-state index contributed by atoms with van der Waals surface area (Å²) in [6, 6.07) is 3.25. The number of hydrogen-bond donors (Lipinski definition) is 4. The number of nitrogen functional groups attached to an aromatic ring is 1. The zero-order valence-corrected chi connectivity index (χ0v) is 10.1. The molecule has 2 heterocycles. The first-order chi connectivity index (χ1) is 9.11. The van der Waals surface area contributed by atoms with Gasteiger partial charge >= 0.3 is 0 Å². The average molecular weight is 257 g/mol. The van der Waals surface area contributed by atoms with Gasteiger partial charge in [0.05, 0.1) is 11.8 Å². The lowest BCUT2D eigenvalue weighted by atomic mass is 10.0. The van der Waals surface area contributed by atoms with Crippen LogP contribution in [0.4, 0.5) is 5.69 Å². The number of hydrazone groups is 1. The number of nitrogens with zero attached hydrogens (tertiary/aromatic N) is 1. The highest BCUT2D eigenvalue weighted by atomic mass is 16.2. The van der Waals surface area contributed by atoms with Crippen LogP contribution in [0, 0.1) is 0 Å². The van der Waals surface area contributed by atoms with E-state index in [0.29, 0.717) is 33.4 Å². The predicted molar refractivity (Wildman–Crippen MR) is 71.2 cm³/mol. The fourth-order valence-electron chi connectivity index (χ4n) is 2.21. The normalized spacial score (nSPS) is 13.2. The molecule has 0 bridgehead atoms. The minimum atomic E-state index is -0.352. The van der Waals surface area contributed by atoms with Crippen molar-refractivity contribution >= 4 is 34.6 Å². The van der Waals surface area contributed by atoms with E-state index < -0.39 is 0 Å². The standard InChI is InChI=1S/C12H11N5O2/c1-14-12(19)10-7-4-15-17-11(18)6-2-5(13)3-8(16-10)9(6)7/h2-4,16H,13H2,1H3,(H,14,19)(H,17,18). The number of carbonyl (C=O) groups is 2. The maximum Gasteiger partial charge on any atom is 0.272 e. The van der Waals surface area contributed by atoms with Crippen molar-refractivity contribution in [3.05, 3.63) is 29.0 Å². The van der Waals surface area contributed by atoms with Crippen LogP contribution in [0.3, 0.4) is 0 Å². The zero-order chi connectivity index (χ0) is 13.6. The van der Waals surface area contributed by atoms with E-state index in [1.165, 1.54) is 13.3 Å². The summed E-state index contributed by atoms with van der Waals surface area (Å²) in [4.78, 5) is 26.7. The summed E-state index contributed by atoms with van der Waals surface area (Å²) in [5.74, 6) is -0.633. The van der Waals surface area contributed by atoms with Gasteiger partial charge in [0.1, 0.15) is 5.69 Å². The van der Waals surface area contributed by atoms with Crippen LogP contribution in [0.1, 0.15) is 26.4 Å². The number of hydrogen-bond acceptors (Lipinski definition) is 4. The molecule has 1 aromatic heterocycles. The molecule has 3 rings (SSSR count). The Bertz CT molecular complexity index is 744. The van der Waals surface area contributed by atoms with Crippen LogP contribution in [-0.4, -0.2) is 30.1 Å². The summed E-state index contributed by atoms with van der Waals surface area (Å²) in [7, 11) is 1.53. The van der Waals surface area contributed by atoms with Crippen molar-refractivity contribution < 1.29 is 9.59 Å². The molecule has 0 unspecified atom stereocenters. The van der Waals surface area contributed by atoms with Crippen molar-refractivity contribution in [1.82, 2.24) is 15.7 Å². The topological polar surface area (TPSA) is 112 Å². The molecule has 1 aromatic carbocycles. The molecule has 0 spiro atoms. The highest BCUT2D eigenvalue weighted by Gasteiger charge is 2.23. The Balaban J connectivity index is 2.44. The molecule has 19 heavy (non-hydrogen) atoms. The van der Waals surface area contributed by atoms with E-state index in [9.17, 15) is 9.59 Å². The van der Waals surface area contributed by atoms with Crippen LogP contribution in [0.2, 0.25) is 0 Å². The third kappa shape index (κ3) is 1.55. The molecular formula is C12H11N5O2. The summed E-state index contributed by atoms with van der Waals surface area (Å²) in [6.45, 7) is 0. The number of nitrogens with one attached hydrogen (secondary N) is 3. The van der Waals surface area contributed by atoms with Gasteiger partial charge in [-0.1, -0.05) is 0 Å². The largest absolute Gasteiger partial charge is 0.399 e. The summed E-state index contributed by atoms with van der Waals surface area (Å²) in [5, 5.41) is 6.99. The lowest BCUT2D eigenvalue weighted by Gasteiger charge is -2.02. The van der Waals surface area contributed by atoms with Crippen LogP contribution < -0.4 is 16.5 Å². The first-order valence-electron chi connectivity index (χ1n) is 5.62. The molecule has 0 radical (unpaired) electrons. The van der Waals surface area contributed by atoms with Crippen LogP contribution in [0.25, 0.3) is 10.9 Å². The maximum absolute atomic E-state index is 11.9. The number of carbonyl (C=O) groups excluding carboxylic acids is 2. The van der Waals surface area contributed by atoms with Crippen LogP contribution >= 0.6 is 0 Å². The molecule has 0 saturated heterocycles. The number of anilines is 1. The SMILES string of the molecule is CNC(=O)c1[nH]c2cc(N)cc3c2c1C=NNC3=O. The molecule has 0 fully saturated rings. The van der Waals surface area contributed by atoms with Crippen LogP contribution in [0.5, 0.6) is 0 Å². The maximum atomic E-state index is 11.9. The van der Waals surface area contributed by atoms with Gasteiger partial charge in [0, 0.05) is 29.2 Å². The molecule has 2 amide bonds. The van der Waals surface area contributed by atoms with E-state index in [0.717, 1.165) is 0 Å². The summed E-state index contributed by atoms with van der Waals surface area (Å²) < 4.78 is 0. The van der Waals surface area contributed by atoms with Gasteiger partial charge in [-0.05, 0) is 12.1 Å². The highest BCUT2D eigenvalue weighted by molar-refractivity contribution is 6.19. The Morgan fingerprint density at radius 3 is 2.95 bits per heavy atom. The molecule has 1 aliphatic rings. The van der Waals surface area contributed by atoms with E-state index >= 15 is 0 Å². The zero-order valence-electron chi connectivity index (χ0n) is 10.1. The smallest absolute Gasteiger partial charge is 0.272 e. The van der Waals surface area contributed by atoms with Crippen molar-refractivity contribution in [3.8, 4) is 0 Å². The van der Waals surface area contributed by atoms with Gasteiger partial charge < -0.3 is 16.0 Å². The number of aromatic amines is 1. The molecule has 7 heteroatoms. The average Bonchev–Trinajstić information content (AvgIpc) is 2.66. The highest BCUT2D eigenvalue weighted by Crippen LogP contribution is 2.28. The van der Waals surface area contributed by atoms with E-state index in [1.807, 2.05) is 0 Å². The van der Waals surface area contributed by atoms with Crippen LogP contribution in [-0.2, 0) is 0 Å². The Hall–Kier alpha value is -2.83. The second-order valence-electron chi connectivity index (χ2n) is 4.18. The van der Waals surface area contributed by atoms with E-state index in [4.69, 9.17) is 5.73 Å². The number of aromatic nitrogens is 1. The second kappa shape index (κ2) is 3.84. The number of benzene rings is 1. The van der Waals surface area contributed by atoms with Crippen molar-refractivity contribution in [1.29, 1.82) is 0 Å². The van der Waals surface area contributed by atoms with Gasteiger partial charge in [-0.25, -0.2) is 5.43 Å². The fraction of sp³-hybridized carbons (Fsp3) is 0.0833. The second-order valence-corrected chi connectivity index (χ2v) is 4.18. The minimum Gasteiger partial charge on any atom is -0.399 e. The Morgan fingerprint density at radius 1 is 1.42 bits per heavy atom. The summed E-state index contributed by atoms with van der Waals surface area (Å²) in [5.41, 5.74) is 10.5. The molecular weight excluding hydrogens is 246 g/mol. The number of amides is 2. The molecule has 1 aliphatic heterocycles. The van der Waals surface area contributed by atoms with E-state index in [1.54, 1.807) is 12.1 Å². The predicted octanol–water partition coefficient (Wildman–Crippen LogP) is 0.187. The third-order valence-electron chi connectivity index (χ3n) is 3.02. The van der Waals surface area contributed by atoms with Crippen LogP contribution in [0.15, 0.2) is 17.2 Å². The first kappa shape index (κ1) is 11.3. The Kier molecular flexibility index (Phi) is 2.28. The molecule has 0 saturated carbocycles. The lowest BCUT2D eigenvalue weighted by molar-refractivity contribution is 0.0950. The number of rotatable bonds is 1. The quantitative estimate of drug-likeness (QED) is 0.547. The minimum absolute atomic E-state index is 0.281. The van der Waals surface area contributed by atoms with Crippen molar-refractivity contribution in [2.75, 3.05) is 12.8 Å². The Labute approximate surface area is 107 Å². The molecule has 7 nitrogen and oxygen atoms in total. The molecule has 0 aliphatic carbocycles. The molecule has 2 aromatic rings. The monoisotopic (exact) mass is 257 g/mol. The van der Waals surface area contributed by atoms with Crippen molar-refractivity contribution in [3.63, 3.8) is 0 Å². The van der Waals surface area contributed by atoms with Gasteiger partial charge in [0.15, 0.2) is 0 Å². The summed E-state index contributed by atoms with van der Waals surface area (Å²) in [6.07, 6.45) is 1.45. The fourth-order valence-corrected chi connectivity index (χ4v) is 2.21. The molecule has 0 atom stereocenters. The Morgan fingerprint density at radius 2 is 2.21 bits per heavy atom. The molecule has 96 valence electrons. The van der Waals surface area contributed by atoms with E-state index in [-0.39, 0.29) is 11.8 Å². The van der Waals surface area contributed by atoms with E-state index in [2.05, 4.69) is 20.8 Å². The van der Waals surface area contributed by atoms with Crippen molar-refractivity contribution in [2.24, 2.45) is 5.10 Å². The van der Waals surface area contributed by atoms with Gasteiger partial charge in [0.2, 0.25) is 0 Å². The summed E-state index contributed by atoms with van der Waals surface area (Å²) >= 11 is 0. The van der Waals surface area contributed by atoms with Crippen molar-refractivity contribution in [2.45, 2.75) is 0 Å². The van der Waals surface area contributed by atoms with Gasteiger partial charge in [0.25, 0.3) is 11.8 Å². The van der Waals surface area contributed by atoms with Gasteiger partial charge in [-0.3, -0.25) is 9.59 Å². The lowest BCUT2D eigenvalue weighted by Crippen LogP contribution is -2.19.